The highest BCUT2D eigenvalue weighted by atomic mass is 16.6. The van der Waals surface area contributed by atoms with E-state index in [-0.39, 0.29) is 25.1 Å². The molecule has 0 bridgehead atoms. The van der Waals surface area contributed by atoms with Gasteiger partial charge in [-0.15, -0.1) is 0 Å². The first-order valence-electron chi connectivity index (χ1n) is 11.2. The summed E-state index contributed by atoms with van der Waals surface area (Å²) in [5.74, 6) is 0.771. The molecule has 0 heterocycles. The van der Waals surface area contributed by atoms with Gasteiger partial charge >= 0.3 is 12.1 Å². The van der Waals surface area contributed by atoms with Crippen LogP contribution in [0.4, 0.5) is 10.5 Å². The highest BCUT2D eigenvalue weighted by molar-refractivity contribution is 5.87. The number of hydrogen-bond acceptors (Lipinski definition) is 7. The molecule has 184 valence electrons. The number of methoxy groups -OCH3 is 1. The third kappa shape index (κ3) is 8.44. The zero-order valence-corrected chi connectivity index (χ0v) is 20.1. The Kier molecular flexibility index (Phi) is 10.9. The van der Waals surface area contributed by atoms with Crippen LogP contribution in [0.15, 0.2) is 60.2 Å². The maximum atomic E-state index is 12.7. The third-order valence-electron chi connectivity index (χ3n) is 5.05. The van der Waals surface area contributed by atoms with Crippen LogP contribution in [-0.4, -0.2) is 44.1 Å². The lowest BCUT2D eigenvalue weighted by Gasteiger charge is -2.24. The highest BCUT2D eigenvalue weighted by Crippen LogP contribution is 2.31. The lowest BCUT2D eigenvalue weighted by molar-refractivity contribution is -0.138. The van der Waals surface area contributed by atoms with E-state index < -0.39 is 12.2 Å². The zero-order valence-electron chi connectivity index (χ0n) is 20.1. The second-order valence-corrected chi connectivity index (χ2v) is 7.64. The quantitative estimate of drug-likeness (QED) is 0.335. The number of rotatable bonds is 12. The number of aliphatic hydroxyl groups is 1. The van der Waals surface area contributed by atoms with E-state index in [1.807, 2.05) is 19.1 Å². The summed E-state index contributed by atoms with van der Waals surface area (Å²) in [5, 5.41) is 11.7. The fourth-order valence-corrected chi connectivity index (χ4v) is 3.18. The van der Waals surface area contributed by atoms with Crippen LogP contribution in [0.25, 0.3) is 0 Å². The predicted molar refractivity (Wildman–Crippen MR) is 129 cm³/mol. The van der Waals surface area contributed by atoms with Crippen molar-refractivity contribution in [2.75, 3.05) is 32.2 Å². The Bertz CT molecular complexity index is 939. The van der Waals surface area contributed by atoms with Gasteiger partial charge in [-0.25, -0.2) is 9.59 Å². The van der Waals surface area contributed by atoms with Crippen LogP contribution in [0.5, 0.6) is 11.5 Å². The molecule has 0 fully saturated rings. The molecule has 2 N–H and O–H groups in total. The molecule has 0 aromatic heterocycles. The number of ether oxygens (including phenoxy) is 4. The van der Waals surface area contributed by atoms with E-state index in [9.17, 15) is 9.59 Å². The van der Waals surface area contributed by atoms with Crippen molar-refractivity contribution in [1.82, 2.24) is 0 Å². The molecule has 0 spiro atoms. The van der Waals surface area contributed by atoms with Crippen LogP contribution in [0.3, 0.4) is 0 Å². The molecule has 0 unspecified atom stereocenters. The molecule has 0 aliphatic rings. The van der Waals surface area contributed by atoms with E-state index in [0.717, 1.165) is 5.56 Å². The monoisotopic (exact) mass is 471 g/mol. The zero-order chi connectivity index (χ0) is 24.9. The molecule has 2 aromatic rings. The Morgan fingerprint density at radius 1 is 1.06 bits per heavy atom. The molecule has 2 aromatic carbocycles. The second-order valence-electron chi connectivity index (χ2n) is 7.64. The van der Waals surface area contributed by atoms with Crippen molar-refractivity contribution in [2.24, 2.45) is 5.92 Å². The van der Waals surface area contributed by atoms with Crippen LogP contribution in [0.2, 0.25) is 0 Å². The van der Waals surface area contributed by atoms with Crippen LogP contribution >= 0.6 is 0 Å². The van der Waals surface area contributed by atoms with E-state index in [4.69, 9.17) is 24.1 Å². The van der Waals surface area contributed by atoms with Crippen molar-refractivity contribution < 1.29 is 33.6 Å². The molecule has 0 aliphatic heterocycles. The number of anilines is 1. The van der Waals surface area contributed by atoms with Gasteiger partial charge in [-0.1, -0.05) is 25.1 Å². The average Bonchev–Trinajstić information content (AvgIpc) is 2.85. The minimum absolute atomic E-state index is 0.0811. The lowest BCUT2D eigenvalue weighted by Crippen LogP contribution is -2.22. The third-order valence-corrected chi connectivity index (χ3v) is 5.05. The first kappa shape index (κ1) is 26.7. The Morgan fingerprint density at radius 3 is 2.29 bits per heavy atom. The van der Waals surface area contributed by atoms with Crippen LogP contribution in [0.1, 0.15) is 38.9 Å². The van der Waals surface area contributed by atoms with Gasteiger partial charge in [-0.2, -0.15) is 0 Å². The Labute approximate surface area is 200 Å². The summed E-state index contributed by atoms with van der Waals surface area (Å²) >= 11 is 0. The molecule has 8 nitrogen and oxygen atoms in total. The topological polar surface area (TPSA) is 103 Å². The van der Waals surface area contributed by atoms with E-state index in [1.165, 1.54) is 0 Å². The van der Waals surface area contributed by atoms with Gasteiger partial charge in [-0.05, 0) is 62.2 Å². The SMILES string of the molecule is CCOC(=O)/C(C)=C/C[C@@H](C)[C@@H](OC(=O)Nc1ccc(OC)cc1)c1ccc(OCCO)cc1. The van der Waals surface area contributed by atoms with Gasteiger partial charge in [0.1, 0.15) is 24.2 Å². The van der Waals surface area contributed by atoms with Crippen molar-refractivity contribution in [3.8, 4) is 11.5 Å². The van der Waals surface area contributed by atoms with Crippen molar-refractivity contribution in [2.45, 2.75) is 33.3 Å². The number of aliphatic hydroxyl groups excluding tert-OH is 1. The van der Waals surface area contributed by atoms with E-state index >= 15 is 0 Å². The average molecular weight is 472 g/mol. The minimum Gasteiger partial charge on any atom is -0.497 e. The first-order chi connectivity index (χ1) is 16.4. The summed E-state index contributed by atoms with van der Waals surface area (Å²) in [7, 11) is 1.57. The minimum atomic E-state index is -0.603. The predicted octanol–water partition coefficient (Wildman–Crippen LogP) is 4.89. The Balaban J connectivity index is 2.17. The fraction of sp³-hybridized carbons (Fsp3) is 0.385. The number of hydrogen-bond donors (Lipinski definition) is 2. The molecule has 2 atom stereocenters. The van der Waals surface area contributed by atoms with Gasteiger partial charge in [0, 0.05) is 17.2 Å². The molecule has 0 aliphatic carbocycles. The van der Waals surface area contributed by atoms with Crippen molar-refractivity contribution >= 4 is 17.7 Å². The molecular formula is C26H33NO7. The smallest absolute Gasteiger partial charge is 0.412 e. The second kappa shape index (κ2) is 13.9. The Hall–Kier alpha value is -3.52. The molecule has 0 saturated heterocycles. The number of carbonyl (C=O) groups is 2. The Morgan fingerprint density at radius 2 is 1.71 bits per heavy atom. The number of esters is 1. The van der Waals surface area contributed by atoms with Crippen molar-refractivity contribution in [3.63, 3.8) is 0 Å². The van der Waals surface area contributed by atoms with E-state index in [1.54, 1.807) is 63.4 Å². The fourth-order valence-electron chi connectivity index (χ4n) is 3.18. The van der Waals surface area contributed by atoms with E-state index in [0.29, 0.717) is 35.8 Å². The maximum Gasteiger partial charge on any atom is 0.412 e. The summed E-state index contributed by atoms with van der Waals surface area (Å²) in [6, 6.07) is 14.1. The van der Waals surface area contributed by atoms with E-state index in [2.05, 4.69) is 5.32 Å². The molecule has 8 heteroatoms. The number of nitrogens with one attached hydrogen (secondary N) is 1. The maximum absolute atomic E-state index is 12.7. The lowest BCUT2D eigenvalue weighted by atomic mass is 9.93. The van der Waals surface area contributed by atoms with Gasteiger partial charge < -0.3 is 24.1 Å². The van der Waals surface area contributed by atoms with Crippen LogP contribution in [-0.2, 0) is 14.3 Å². The van der Waals surface area contributed by atoms with Gasteiger partial charge in [0.05, 0.1) is 20.3 Å². The molecule has 0 saturated carbocycles. The van der Waals surface area contributed by atoms with Crippen molar-refractivity contribution in [1.29, 1.82) is 0 Å². The standard InChI is InChI=1S/C26H33NO7/c1-5-32-25(29)19(3)7-6-18(2)24(20-8-12-23(13-9-20)33-17-16-28)34-26(30)27-21-10-14-22(31-4)15-11-21/h7-15,18,24,28H,5-6,16-17H2,1-4H3,(H,27,30)/b19-7+/t18-,24-/m1/s1. The van der Waals surface area contributed by atoms with Gasteiger partial charge in [0.25, 0.3) is 0 Å². The summed E-state index contributed by atoms with van der Waals surface area (Å²) in [5.41, 5.74) is 1.85. The molecule has 34 heavy (non-hydrogen) atoms. The first-order valence-corrected chi connectivity index (χ1v) is 11.2. The molecule has 1 amide bonds. The highest BCUT2D eigenvalue weighted by Gasteiger charge is 2.24. The van der Waals surface area contributed by atoms with Gasteiger partial charge in [0.2, 0.25) is 0 Å². The van der Waals surface area contributed by atoms with Gasteiger partial charge in [-0.3, -0.25) is 5.32 Å². The van der Waals surface area contributed by atoms with Crippen molar-refractivity contribution in [3.05, 3.63) is 65.7 Å². The number of benzene rings is 2. The van der Waals surface area contributed by atoms with Crippen LogP contribution in [0, 0.1) is 5.92 Å². The normalized spacial score (nSPS) is 12.9. The summed E-state index contributed by atoms with van der Waals surface area (Å²) in [4.78, 5) is 24.6. The number of amides is 1. The van der Waals surface area contributed by atoms with Gasteiger partial charge in [0.15, 0.2) is 0 Å². The van der Waals surface area contributed by atoms with Crippen LogP contribution < -0.4 is 14.8 Å². The molecular weight excluding hydrogens is 438 g/mol. The molecule has 2 rings (SSSR count). The summed E-state index contributed by atoms with van der Waals surface area (Å²) in [6.45, 7) is 5.81. The number of allylic oxidation sites excluding steroid dienone is 1. The largest absolute Gasteiger partial charge is 0.497 e. The summed E-state index contributed by atoms with van der Waals surface area (Å²) < 4.78 is 21.4. The molecule has 0 radical (unpaired) electrons. The number of carbonyl (C=O) groups excluding carboxylic acids is 2. The summed E-state index contributed by atoms with van der Waals surface area (Å²) in [6.07, 6.45) is 1.10.